The molecule has 0 saturated heterocycles. The van der Waals surface area contributed by atoms with Crippen molar-refractivity contribution in [1.82, 2.24) is 14.0 Å². The molecule has 0 N–H and O–H groups in total. The lowest BCUT2D eigenvalue weighted by Gasteiger charge is -1.99. The second-order valence-corrected chi connectivity index (χ2v) is 5.50. The van der Waals surface area contributed by atoms with E-state index in [-0.39, 0.29) is 0 Å². The number of rotatable bonds is 2. The maximum Gasteiger partial charge on any atom is 0.217 e. The molecular weight excluding hydrogens is 300 g/mol. The summed E-state index contributed by atoms with van der Waals surface area (Å²) in [6, 6.07) is 15.0. The fourth-order valence-electron chi connectivity index (χ4n) is 2.78. The van der Waals surface area contributed by atoms with Crippen LogP contribution in [0.2, 0.25) is 5.02 Å². The quantitative estimate of drug-likeness (QED) is 0.510. The van der Waals surface area contributed by atoms with Gasteiger partial charge in [-0.3, -0.25) is 4.40 Å². The Morgan fingerprint density at radius 3 is 2.41 bits per heavy atom. The van der Waals surface area contributed by atoms with Crippen LogP contribution in [-0.2, 0) is 7.05 Å². The van der Waals surface area contributed by atoms with Crippen LogP contribution in [0.4, 0.5) is 5.82 Å². The molecule has 4 rings (SSSR count). The fourth-order valence-corrected chi connectivity index (χ4v) is 2.90. The molecule has 5 nitrogen and oxygen atoms in total. The van der Waals surface area contributed by atoms with Crippen molar-refractivity contribution in [3.63, 3.8) is 0 Å². The normalized spacial score (nSPS) is 11.4. The Morgan fingerprint density at radius 1 is 1.05 bits per heavy atom. The van der Waals surface area contributed by atoms with E-state index in [1.54, 1.807) is 16.5 Å². The van der Waals surface area contributed by atoms with Crippen molar-refractivity contribution < 1.29 is 0 Å². The summed E-state index contributed by atoms with van der Waals surface area (Å²) in [7, 11) is 1.92. The highest BCUT2D eigenvalue weighted by Gasteiger charge is 2.20. The molecule has 0 aliphatic heterocycles. The Hall–Kier alpha value is -2.66. The molecule has 0 fully saturated rings. The van der Waals surface area contributed by atoms with Gasteiger partial charge >= 0.3 is 0 Å². The van der Waals surface area contributed by atoms with E-state index in [4.69, 9.17) is 11.6 Å². The fraction of sp³-hybridized carbons (Fsp3) is 0.0625. The summed E-state index contributed by atoms with van der Waals surface area (Å²) in [6.07, 6.45) is 0. The minimum Gasteiger partial charge on any atom is -0.313 e. The SMILES string of the molecule is Cn1c2ccccc2n2c(N=O)c(-c3ccc(Cl)cc3)nc12. The van der Waals surface area contributed by atoms with Gasteiger partial charge in [0.2, 0.25) is 11.6 Å². The number of nitroso groups, excluding NO2 is 1. The summed E-state index contributed by atoms with van der Waals surface area (Å²) in [4.78, 5) is 16.1. The number of halogens is 1. The van der Waals surface area contributed by atoms with Crippen molar-refractivity contribution in [2.45, 2.75) is 0 Å². The molecule has 2 aromatic heterocycles. The third kappa shape index (κ3) is 1.69. The van der Waals surface area contributed by atoms with Crippen molar-refractivity contribution in [2.24, 2.45) is 12.2 Å². The Morgan fingerprint density at radius 2 is 1.73 bits per heavy atom. The van der Waals surface area contributed by atoms with Crippen LogP contribution in [-0.4, -0.2) is 14.0 Å². The molecule has 22 heavy (non-hydrogen) atoms. The van der Waals surface area contributed by atoms with Gasteiger partial charge in [0, 0.05) is 17.6 Å². The van der Waals surface area contributed by atoms with Gasteiger partial charge in [0.05, 0.1) is 11.0 Å². The van der Waals surface area contributed by atoms with Gasteiger partial charge in [-0.2, -0.15) is 0 Å². The molecule has 0 atom stereocenters. The maximum atomic E-state index is 11.4. The van der Waals surface area contributed by atoms with E-state index in [0.717, 1.165) is 16.6 Å². The van der Waals surface area contributed by atoms with Crippen LogP contribution < -0.4 is 0 Å². The number of aromatic nitrogens is 3. The number of benzene rings is 2. The van der Waals surface area contributed by atoms with Crippen LogP contribution in [0.1, 0.15) is 0 Å². The first-order valence-corrected chi connectivity index (χ1v) is 7.13. The maximum absolute atomic E-state index is 11.4. The molecule has 0 amide bonds. The van der Waals surface area contributed by atoms with E-state index in [2.05, 4.69) is 10.2 Å². The van der Waals surface area contributed by atoms with E-state index in [0.29, 0.717) is 22.3 Å². The van der Waals surface area contributed by atoms with E-state index < -0.39 is 0 Å². The number of nitrogens with zero attached hydrogens (tertiary/aromatic N) is 4. The molecule has 4 aromatic rings. The highest BCUT2D eigenvalue weighted by atomic mass is 35.5. The topological polar surface area (TPSA) is 51.7 Å². The first-order valence-electron chi connectivity index (χ1n) is 6.76. The summed E-state index contributed by atoms with van der Waals surface area (Å²) in [5.41, 5.74) is 3.27. The van der Waals surface area contributed by atoms with Gasteiger partial charge in [0.25, 0.3) is 0 Å². The number of fused-ring (bicyclic) bond motifs is 3. The number of para-hydroxylation sites is 2. The standard InChI is InChI=1S/C16H11ClN4O/c1-20-12-4-2-3-5-13(12)21-15(19-22)14(18-16(20)21)10-6-8-11(17)9-7-10/h2-9H,1H3. The van der Waals surface area contributed by atoms with E-state index in [1.165, 1.54) is 0 Å². The van der Waals surface area contributed by atoms with Crippen molar-refractivity contribution in [3.8, 4) is 11.3 Å². The smallest absolute Gasteiger partial charge is 0.217 e. The van der Waals surface area contributed by atoms with Gasteiger partial charge < -0.3 is 4.57 Å². The van der Waals surface area contributed by atoms with E-state index in [1.807, 2.05) is 48.0 Å². The predicted octanol–water partition coefficient (Wildman–Crippen LogP) is 4.54. The second-order valence-electron chi connectivity index (χ2n) is 5.07. The Labute approximate surface area is 130 Å². The molecule has 2 aromatic carbocycles. The highest BCUT2D eigenvalue weighted by molar-refractivity contribution is 6.30. The molecule has 2 heterocycles. The van der Waals surface area contributed by atoms with Crippen LogP contribution >= 0.6 is 11.6 Å². The zero-order chi connectivity index (χ0) is 15.3. The van der Waals surface area contributed by atoms with Crippen LogP contribution in [0.3, 0.4) is 0 Å². The first kappa shape index (κ1) is 13.0. The van der Waals surface area contributed by atoms with Gasteiger partial charge in [0.1, 0.15) is 5.69 Å². The predicted molar refractivity (Wildman–Crippen MR) is 87.6 cm³/mol. The van der Waals surface area contributed by atoms with Gasteiger partial charge in [-0.1, -0.05) is 35.9 Å². The Balaban J connectivity index is 2.11. The summed E-state index contributed by atoms with van der Waals surface area (Å²) in [6.45, 7) is 0. The average molecular weight is 311 g/mol. The average Bonchev–Trinajstić information content (AvgIpc) is 3.05. The summed E-state index contributed by atoms with van der Waals surface area (Å²) >= 11 is 5.92. The lowest BCUT2D eigenvalue weighted by molar-refractivity contribution is 0.970. The molecule has 0 spiro atoms. The largest absolute Gasteiger partial charge is 0.313 e. The molecule has 0 radical (unpaired) electrons. The van der Waals surface area contributed by atoms with Crippen molar-refractivity contribution in [3.05, 3.63) is 58.5 Å². The number of imidazole rings is 2. The van der Waals surface area contributed by atoms with Gasteiger partial charge in [-0.15, -0.1) is 4.91 Å². The van der Waals surface area contributed by atoms with Crippen LogP contribution in [0.15, 0.2) is 53.7 Å². The minimum atomic E-state index is 0.300. The zero-order valence-corrected chi connectivity index (χ0v) is 12.4. The Bertz CT molecular complexity index is 1010. The van der Waals surface area contributed by atoms with Crippen LogP contribution in [0.5, 0.6) is 0 Å². The lowest BCUT2D eigenvalue weighted by atomic mass is 10.1. The van der Waals surface area contributed by atoms with E-state index in [9.17, 15) is 4.91 Å². The van der Waals surface area contributed by atoms with E-state index >= 15 is 0 Å². The molecule has 0 unspecified atom stereocenters. The minimum absolute atomic E-state index is 0.300. The highest BCUT2D eigenvalue weighted by Crippen LogP contribution is 2.34. The van der Waals surface area contributed by atoms with Gasteiger partial charge in [0.15, 0.2) is 0 Å². The lowest BCUT2D eigenvalue weighted by Crippen LogP contribution is -1.88. The second kappa shape index (κ2) is 4.68. The molecule has 0 saturated carbocycles. The molecule has 6 heteroatoms. The first-order chi connectivity index (χ1) is 10.7. The van der Waals surface area contributed by atoms with Gasteiger partial charge in [-0.05, 0) is 29.4 Å². The number of hydrogen-bond acceptors (Lipinski definition) is 3. The van der Waals surface area contributed by atoms with Gasteiger partial charge in [-0.25, -0.2) is 4.98 Å². The van der Waals surface area contributed by atoms with Crippen molar-refractivity contribution in [2.75, 3.05) is 0 Å². The zero-order valence-electron chi connectivity index (χ0n) is 11.7. The molecule has 0 bridgehead atoms. The van der Waals surface area contributed by atoms with Crippen LogP contribution in [0, 0.1) is 4.91 Å². The van der Waals surface area contributed by atoms with Crippen LogP contribution in [0.25, 0.3) is 28.1 Å². The van der Waals surface area contributed by atoms with Crippen molar-refractivity contribution in [1.29, 1.82) is 0 Å². The summed E-state index contributed by atoms with van der Waals surface area (Å²) in [5, 5.41) is 3.86. The van der Waals surface area contributed by atoms with Crippen molar-refractivity contribution >= 4 is 34.2 Å². The molecule has 0 aliphatic carbocycles. The molecule has 0 aliphatic rings. The third-order valence-electron chi connectivity index (χ3n) is 3.82. The molecular formula is C16H11ClN4O. The number of hydrogen-bond donors (Lipinski definition) is 0. The third-order valence-corrected chi connectivity index (χ3v) is 4.08. The molecule has 108 valence electrons. The summed E-state index contributed by atoms with van der Waals surface area (Å²) in [5.74, 6) is 0.981. The monoisotopic (exact) mass is 310 g/mol. The Kier molecular flexibility index (Phi) is 2.77. The summed E-state index contributed by atoms with van der Waals surface area (Å²) < 4.78 is 3.73. The number of aryl methyl sites for hydroxylation is 1.